The minimum atomic E-state index is -3.52. The van der Waals surface area contributed by atoms with Gasteiger partial charge in [0, 0.05) is 25.3 Å². The van der Waals surface area contributed by atoms with E-state index in [-0.39, 0.29) is 11.8 Å². The van der Waals surface area contributed by atoms with E-state index in [1.165, 1.54) is 10.4 Å². The normalized spacial score (nSPS) is 16.0. The molecule has 3 aromatic rings. The molecule has 0 spiro atoms. The van der Waals surface area contributed by atoms with Gasteiger partial charge in [-0.3, -0.25) is 4.98 Å². The van der Waals surface area contributed by atoms with Crippen LogP contribution >= 0.6 is 0 Å². The molecule has 2 aromatic carbocycles. The molecule has 0 saturated carbocycles. The van der Waals surface area contributed by atoms with Crippen LogP contribution in [0.5, 0.6) is 0 Å². The Balaban J connectivity index is 1.14. The molecule has 0 unspecified atom stereocenters. The summed E-state index contributed by atoms with van der Waals surface area (Å²) < 4.78 is 47.2. The number of amides is 2. The van der Waals surface area contributed by atoms with Crippen LogP contribution in [-0.4, -0.2) is 53.1 Å². The Hall–Kier alpha value is -3.60. The monoisotopic (exact) mass is 564 g/mol. The van der Waals surface area contributed by atoms with Gasteiger partial charge in [-0.1, -0.05) is 48.5 Å². The number of carbonyl (C=O) groups excluding carboxylic acids is 1. The van der Waals surface area contributed by atoms with Crippen molar-refractivity contribution in [2.45, 2.75) is 45.6 Å². The maximum atomic E-state index is 13.4. The number of hydrogen-bond donors (Lipinski definition) is 1. The lowest BCUT2D eigenvalue weighted by Gasteiger charge is -2.31. The number of urea groups is 1. The molecule has 5 rings (SSSR count). The van der Waals surface area contributed by atoms with Crippen LogP contribution in [0.4, 0.5) is 14.9 Å². The Kier molecular flexibility index (Phi) is 8.02. The van der Waals surface area contributed by atoms with Crippen molar-refractivity contribution in [2.24, 2.45) is 0 Å². The maximum Gasteiger partial charge on any atom is 0.322 e. The highest BCUT2D eigenvalue weighted by molar-refractivity contribution is 7.89. The smallest absolute Gasteiger partial charge is 0.322 e. The molecule has 210 valence electrons. The third-order valence-corrected chi connectivity index (χ3v) is 9.27. The molecular weight excluding hydrogens is 531 g/mol. The van der Waals surface area contributed by atoms with Gasteiger partial charge in [0.1, 0.15) is 5.82 Å². The lowest BCUT2D eigenvalue weighted by atomic mass is 10.0. The molecule has 0 saturated heterocycles. The van der Waals surface area contributed by atoms with Gasteiger partial charge in [0.2, 0.25) is 10.0 Å². The van der Waals surface area contributed by atoms with Crippen molar-refractivity contribution in [3.8, 4) is 0 Å². The summed E-state index contributed by atoms with van der Waals surface area (Å²) in [5.41, 5.74) is 4.28. The van der Waals surface area contributed by atoms with Gasteiger partial charge in [-0.2, -0.15) is 4.31 Å². The molecule has 3 heterocycles. The summed E-state index contributed by atoms with van der Waals surface area (Å²) in [6, 6.07) is 18.3. The minimum Gasteiger partial charge on any atom is -0.370 e. The average Bonchev–Trinajstić information content (AvgIpc) is 3.36. The Bertz CT molecular complexity index is 1510. The zero-order valence-corrected chi connectivity index (χ0v) is 23.5. The van der Waals surface area contributed by atoms with Crippen LogP contribution < -0.4 is 5.32 Å². The van der Waals surface area contributed by atoms with Crippen LogP contribution in [0.15, 0.2) is 72.9 Å². The van der Waals surface area contributed by atoms with Gasteiger partial charge < -0.3 is 15.0 Å². The Labute approximate surface area is 234 Å². The highest BCUT2D eigenvalue weighted by atomic mass is 32.2. The van der Waals surface area contributed by atoms with Crippen LogP contribution in [0.2, 0.25) is 0 Å². The molecule has 1 aromatic heterocycles. The van der Waals surface area contributed by atoms with E-state index < -0.39 is 21.4 Å². The van der Waals surface area contributed by atoms with Crippen molar-refractivity contribution < 1.29 is 22.3 Å². The first-order chi connectivity index (χ1) is 19.1. The first-order valence-corrected chi connectivity index (χ1v) is 14.8. The zero-order valence-electron chi connectivity index (χ0n) is 22.6. The van der Waals surface area contributed by atoms with E-state index in [4.69, 9.17) is 4.74 Å². The Morgan fingerprint density at radius 1 is 1.10 bits per heavy atom. The standard InChI is InChI=1S/C30H33FN4O4S/c1-30(2,39-20-22-6-4-3-5-7-22)21-40(37,38)35-14-12-24(13-15-35)23-8-10-27(11-9-23)33-29(36)34-18-25-16-26(31)17-32-28(25)19-34/h3-12,16-17H,13-15,18-21H2,1-2H3,(H,33,36). The summed E-state index contributed by atoms with van der Waals surface area (Å²) in [6.45, 7) is 5.30. The fourth-order valence-electron chi connectivity index (χ4n) is 4.94. The summed E-state index contributed by atoms with van der Waals surface area (Å²) >= 11 is 0. The fourth-order valence-corrected chi connectivity index (χ4v) is 6.75. The SMILES string of the molecule is CC(C)(CS(=O)(=O)N1CC=C(c2ccc(NC(=O)N3Cc4cc(F)cnc4C3)cc2)CC1)OCc1ccccc1. The molecule has 0 fully saturated rings. The molecule has 1 N–H and O–H groups in total. The van der Waals surface area contributed by atoms with E-state index in [1.54, 1.807) is 18.7 Å². The maximum absolute atomic E-state index is 13.4. The second-order valence-corrected chi connectivity index (χ2v) is 12.7. The molecule has 0 aliphatic carbocycles. The van der Waals surface area contributed by atoms with Crippen LogP contribution in [0.1, 0.15) is 42.7 Å². The number of pyridine rings is 1. The van der Waals surface area contributed by atoms with Crippen LogP contribution in [0, 0.1) is 5.82 Å². The molecule has 40 heavy (non-hydrogen) atoms. The highest BCUT2D eigenvalue weighted by Crippen LogP contribution is 2.27. The third-order valence-electron chi connectivity index (χ3n) is 7.09. The first kappa shape index (κ1) is 27.9. The van der Waals surface area contributed by atoms with Gasteiger partial charge in [-0.05, 0) is 60.7 Å². The van der Waals surface area contributed by atoms with Crippen molar-refractivity contribution in [1.29, 1.82) is 0 Å². The van der Waals surface area contributed by atoms with Crippen molar-refractivity contribution in [3.63, 3.8) is 0 Å². The molecule has 8 nitrogen and oxygen atoms in total. The summed E-state index contributed by atoms with van der Waals surface area (Å²) in [4.78, 5) is 18.4. The number of anilines is 1. The topological polar surface area (TPSA) is 91.8 Å². The molecule has 2 amide bonds. The van der Waals surface area contributed by atoms with E-state index in [0.717, 1.165) is 22.9 Å². The van der Waals surface area contributed by atoms with E-state index in [1.807, 2.05) is 60.7 Å². The van der Waals surface area contributed by atoms with E-state index >= 15 is 0 Å². The second-order valence-electron chi connectivity index (χ2n) is 10.8. The number of nitrogens with one attached hydrogen (secondary N) is 1. The second kappa shape index (κ2) is 11.5. The quantitative estimate of drug-likeness (QED) is 0.407. The van der Waals surface area contributed by atoms with E-state index in [0.29, 0.717) is 56.2 Å². The fraction of sp³-hybridized carbons (Fsp3) is 0.333. The number of aromatic nitrogens is 1. The first-order valence-electron chi connectivity index (χ1n) is 13.2. The number of nitrogens with zero attached hydrogens (tertiary/aromatic N) is 3. The molecule has 2 aliphatic heterocycles. The summed E-state index contributed by atoms with van der Waals surface area (Å²) in [7, 11) is -3.52. The zero-order chi connectivity index (χ0) is 28.3. The highest BCUT2D eigenvalue weighted by Gasteiger charge is 2.32. The van der Waals surface area contributed by atoms with Crippen molar-refractivity contribution >= 4 is 27.3 Å². The number of hydrogen-bond acceptors (Lipinski definition) is 5. The summed E-state index contributed by atoms with van der Waals surface area (Å²) in [5.74, 6) is -0.511. The van der Waals surface area contributed by atoms with Crippen LogP contribution in [-0.2, 0) is 34.5 Å². The lowest BCUT2D eigenvalue weighted by molar-refractivity contribution is -0.0130. The van der Waals surface area contributed by atoms with Gasteiger partial charge in [-0.15, -0.1) is 0 Å². The predicted octanol–water partition coefficient (Wildman–Crippen LogP) is 5.18. The van der Waals surface area contributed by atoms with Crippen LogP contribution in [0.25, 0.3) is 5.57 Å². The third kappa shape index (κ3) is 6.75. The van der Waals surface area contributed by atoms with Gasteiger partial charge in [-0.25, -0.2) is 17.6 Å². The molecular formula is C30H33FN4O4S. The summed E-state index contributed by atoms with van der Waals surface area (Å²) in [5, 5.41) is 2.88. The van der Waals surface area contributed by atoms with Crippen molar-refractivity contribution in [2.75, 3.05) is 24.2 Å². The van der Waals surface area contributed by atoms with Gasteiger partial charge in [0.05, 0.1) is 36.4 Å². The number of rotatable bonds is 8. The molecule has 0 bridgehead atoms. The largest absolute Gasteiger partial charge is 0.370 e. The lowest BCUT2D eigenvalue weighted by Crippen LogP contribution is -2.43. The number of benzene rings is 2. The van der Waals surface area contributed by atoms with Crippen molar-refractivity contribution in [1.82, 2.24) is 14.2 Å². The summed E-state index contributed by atoms with van der Waals surface area (Å²) in [6.07, 6.45) is 3.70. The van der Waals surface area contributed by atoms with Gasteiger partial charge >= 0.3 is 6.03 Å². The molecule has 0 radical (unpaired) electrons. The number of sulfonamides is 1. The Morgan fingerprint density at radius 3 is 2.55 bits per heavy atom. The average molecular weight is 565 g/mol. The van der Waals surface area contributed by atoms with E-state index in [2.05, 4.69) is 10.3 Å². The van der Waals surface area contributed by atoms with E-state index in [9.17, 15) is 17.6 Å². The molecule has 10 heteroatoms. The number of ether oxygens (including phenoxy) is 1. The Morgan fingerprint density at radius 2 is 1.85 bits per heavy atom. The number of fused-ring (bicyclic) bond motifs is 1. The number of carbonyl (C=O) groups is 1. The van der Waals surface area contributed by atoms with Gasteiger partial charge in [0.25, 0.3) is 0 Å². The molecule has 0 atom stereocenters. The van der Waals surface area contributed by atoms with Crippen LogP contribution in [0.3, 0.4) is 0 Å². The minimum absolute atomic E-state index is 0.0997. The predicted molar refractivity (Wildman–Crippen MR) is 152 cm³/mol. The van der Waals surface area contributed by atoms with Crippen molar-refractivity contribution in [3.05, 3.63) is 101 Å². The number of halogens is 1. The molecule has 2 aliphatic rings. The van der Waals surface area contributed by atoms with Gasteiger partial charge in [0.15, 0.2) is 0 Å².